The summed E-state index contributed by atoms with van der Waals surface area (Å²) in [6, 6.07) is -0.820. The number of aliphatic hydroxyl groups is 5. The molecule has 0 aliphatic carbocycles. The minimum atomic E-state index is -1.57. The van der Waals surface area contributed by atoms with Crippen LogP contribution >= 0.6 is 0 Å². The van der Waals surface area contributed by atoms with Crippen LogP contribution in [0.3, 0.4) is 0 Å². The predicted molar refractivity (Wildman–Crippen MR) is 235 cm³/mol. The van der Waals surface area contributed by atoms with Gasteiger partial charge in [0.25, 0.3) is 0 Å². The van der Waals surface area contributed by atoms with E-state index in [0.29, 0.717) is 6.42 Å². The Labute approximate surface area is 349 Å². The third-order valence-electron chi connectivity index (χ3n) is 11.2. The van der Waals surface area contributed by atoms with Crippen LogP contribution in [0.5, 0.6) is 0 Å². The topological polar surface area (TPSA) is 149 Å². The van der Waals surface area contributed by atoms with Gasteiger partial charge >= 0.3 is 0 Å². The van der Waals surface area contributed by atoms with Crippen LogP contribution < -0.4 is 5.32 Å². The van der Waals surface area contributed by atoms with Crippen molar-refractivity contribution < 1.29 is 39.8 Å². The summed E-state index contributed by atoms with van der Waals surface area (Å²) in [5, 5.41) is 54.1. The molecule has 1 aliphatic heterocycles. The molecule has 0 aromatic heterocycles. The van der Waals surface area contributed by atoms with Crippen molar-refractivity contribution in [2.45, 2.75) is 249 Å². The summed E-state index contributed by atoms with van der Waals surface area (Å²) in [5.74, 6) is -0.190. The predicted octanol–water partition coefficient (Wildman–Crippen LogP) is 10.1. The van der Waals surface area contributed by atoms with Crippen molar-refractivity contribution in [3.8, 4) is 0 Å². The molecule has 0 aromatic rings. The van der Waals surface area contributed by atoms with E-state index >= 15 is 0 Å². The molecule has 0 bridgehead atoms. The molecule has 9 heteroatoms. The Balaban J connectivity index is 2.32. The minimum Gasteiger partial charge on any atom is -0.394 e. The zero-order valence-electron chi connectivity index (χ0n) is 36.6. The Morgan fingerprint density at radius 3 is 1.47 bits per heavy atom. The van der Waals surface area contributed by atoms with E-state index in [2.05, 4.69) is 43.5 Å². The molecule has 1 heterocycles. The first kappa shape index (κ1) is 53.4. The first-order chi connectivity index (χ1) is 27.8. The van der Waals surface area contributed by atoms with Crippen LogP contribution in [-0.2, 0) is 14.3 Å². The Morgan fingerprint density at radius 1 is 0.579 bits per heavy atom. The molecule has 1 fully saturated rings. The molecule has 0 aromatic carbocycles. The first-order valence-electron chi connectivity index (χ1n) is 23.7. The van der Waals surface area contributed by atoms with E-state index < -0.39 is 49.5 Å². The molecule has 1 aliphatic rings. The molecule has 57 heavy (non-hydrogen) atoms. The van der Waals surface area contributed by atoms with Crippen LogP contribution in [0.4, 0.5) is 0 Å². The molecule has 0 spiro atoms. The summed E-state index contributed by atoms with van der Waals surface area (Å²) in [5.41, 5.74) is 0. The quantitative estimate of drug-likeness (QED) is 0.0266. The molecule has 0 saturated carbocycles. The Hall–Kier alpha value is -1.59. The summed E-state index contributed by atoms with van der Waals surface area (Å²) in [7, 11) is 0. The van der Waals surface area contributed by atoms with Gasteiger partial charge in [0, 0.05) is 6.42 Å². The highest BCUT2D eigenvalue weighted by atomic mass is 16.7. The third kappa shape index (κ3) is 29.3. The number of carbonyl (C=O) groups excluding carboxylic acids is 1. The highest BCUT2D eigenvalue weighted by Gasteiger charge is 2.44. The maximum absolute atomic E-state index is 13.0. The Bertz CT molecular complexity index is 987. The SMILES string of the molecule is CCCCCCCCC/C=C/CC/C=C/C(O)C(COC1OC(CO)C(O)C(O)C1O)NC(=O)CCCCCCCCCCC/C=C\CCCCCCCCCC. The number of hydrogen-bond acceptors (Lipinski definition) is 8. The third-order valence-corrected chi connectivity index (χ3v) is 11.2. The fourth-order valence-corrected chi connectivity index (χ4v) is 7.34. The second-order valence-electron chi connectivity index (χ2n) is 16.5. The van der Waals surface area contributed by atoms with Crippen molar-refractivity contribution in [3.63, 3.8) is 0 Å². The normalized spacial score (nSPS) is 21.3. The number of nitrogens with one attached hydrogen (secondary N) is 1. The van der Waals surface area contributed by atoms with Crippen LogP contribution in [0.2, 0.25) is 0 Å². The lowest BCUT2D eigenvalue weighted by atomic mass is 9.99. The molecule has 1 saturated heterocycles. The maximum Gasteiger partial charge on any atom is 0.220 e. The van der Waals surface area contributed by atoms with Crippen LogP contribution in [0, 0.1) is 0 Å². The summed E-state index contributed by atoms with van der Waals surface area (Å²) in [6.07, 6.45) is 40.5. The van der Waals surface area contributed by atoms with Crippen LogP contribution in [0.25, 0.3) is 0 Å². The number of allylic oxidation sites excluding steroid dienone is 5. The number of aliphatic hydroxyl groups excluding tert-OH is 5. The molecular formula is C48H89NO8. The van der Waals surface area contributed by atoms with E-state index in [1.807, 2.05) is 6.08 Å². The molecule has 0 radical (unpaired) electrons. The Morgan fingerprint density at radius 2 is 1.00 bits per heavy atom. The van der Waals surface area contributed by atoms with E-state index in [1.165, 1.54) is 148 Å². The summed E-state index contributed by atoms with van der Waals surface area (Å²) >= 11 is 0. The number of unbranched alkanes of at least 4 members (excludes halogenated alkanes) is 25. The van der Waals surface area contributed by atoms with Gasteiger partial charge in [-0.2, -0.15) is 0 Å². The molecule has 7 unspecified atom stereocenters. The second-order valence-corrected chi connectivity index (χ2v) is 16.5. The maximum atomic E-state index is 13.0. The summed E-state index contributed by atoms with van der Waals surface area (Å²) in [6.45, 7) is 3.74. The van der Waals surface area contributed by atoms with Gasteiger partial charge in [-0.05, 0) is 57.8 Å². The minimum absolute atomic E-state index is 0.190. The highest BCUT2D eigenvalue weighted by molar-refractivity contribution is 5.76. The second kappa shape index (κ2) is 38.6. The molecule has 1 rings (SSSR count). The van der Waals surface area contributed by atoms with Gasteiger partial charge < -0.3 is 40.3 Å². The fraction of sp³-hybridized carbons (Fsp3) is 0.854. The number of hydrogen-bond donors (Lipinski definition) is 6. The fourth-order valence-electron chi connectivity index (χ4n) is 7.34. The van der Waals surface area contributed by atoms with Crippen LogP contribution in [0.1, 0.15) is 206 Å². The van der Waals surface area contributed by atoms with E-state index in [0.717, 1.165) is 38.5 Å². The molecule has 6 N–H and O–H groups in total. The van der Waals surface area contributed by atoms with Gasteiger partial charge in [0.2, 0.25) is 5.91 Å². The van der Waals surface area contributed by atoms with Gasteiger partial charge in [0.05, 0.1) is 25.4 Å². The molecule has 9 nitrogen and oxygen atoms in total. The zero-order chi connectivity index (χ0) is 41.6. The lowest BCUT2D eigenvalue weighted by Gasteiger charge is -2.40. The average Bonchev–Trinajstić information content (AvgIpc) is 3.21. The van der Waals surface area contributed by atoms with Gasteiger partial charge in [0.1, 0.15) is 24.4 Å². The highest BCUT2D eigenvalue weighted by Crippen LogP contribution is 2.22. The van der Waals surface area contributed by atoms with Crippen molar-refractivity contribution in [2.24, 2.45) is 0 Å². The van der Waals surface area contributed by atoms with E-state index in [-0.39, 0.29) is 12.5 Å². The van der Waals surface area contributed by atoms with Gasteiger partial charge in [-0.1, -0.05) is 179 Å². The number of ether oxygens (including phenoxy) is 2. The number of amides is 1. The Kier molecular flexibility index (Phi) is 36.2. The van der Waals surface area contributed by atoms with Crippen LogP contribution in [0.15, 0.2) is 36.5 Å². The van der Waals surface area contributed by atoms with Crippen LogP contribution in [-0.4, -0.2) is 87.5 Å². The molecular weight excluding hydrogens is 719 g/mol. The monoisotopic (exact) mass is 808 g/mol. The van der Waals surface area contributed by atoms with Crippen molar-refractivity contribution >= 4 is 5.91 Å². The average molecular weight is 808 g/mol. The molecule has 334 valence electrons. The largest absolute Gasteiger partial charge is 0.394 e. The lowest BCUT2D eigenvalue weighted by molar-refractivity contribution is -0.302. The van der Waals surface area contributed by atoms with Crippen molar-refractivity contribution in [3.05, 3.63) is 36.5 Å². The van der Waals surface area contributed by atoms with Gasteiger partial charge in [-0.15, -0.1) is 0 Å². The van der Waals surface area contributed by atoms with E-state index in [4.69, 9.17) is 9.47 Å². The molecule has 1 amide bonds. The molecule has 7 atom stereocenters. The summed E-state index contributed by atoms with van der Waals surface area (Å²) in [4.78, 5) is 13.0. The first-order valence-corrected chi connectivity index (χ1v) is 23.7. The number of carbonyl (C=O) groups is 1. The van der Waals surface area contributed by atoms with Gasteiger partial charge in [0.15, 0.2) is 6.29 Å². The smallest absolute Gasteiger partial charge is 0.220 e. The van der Waals surface area contributed by atoms with Gasteiger partial charge in [-0.3, -0.25) is 4.79 Å². The van der Waals surface area contributed by atoms with Crippen molar-refractivity contribution in [1.29, 1.82) is 0 Å². The van der Waals surface area contributed by atoms with E-state index in [1.54, 1.807) is 6.08 Å². The van der Waals surface area contributed by atoms with E-state index in [9.17, 15) is 30.3 Å². The standard InChI is InChI=1S/C48H89NO8/c1-3-5-7-9-11-13-15-17-18-19-20-21-22-23-24-26-28-30-32-34-36-38-44(52)49-41(40-56-48-47(55)46(54)45(53)43(39-50)57-48)42(51)37-35-33-31-29-27-25-16-14-12-10-8-6-4-2/h19-20,27,29,35,37,41-43,45-48,50-51,53-55H,3-18,21-26,28,30-34,36,38-40H2,1-2H3,(H,49,52)/b20-19-,29-27+,37-35+. The van der Waals surface area contributed by atoms with Gasteiger partial charge in [-0.25, -0.2) is 0 Å². The summed E-state index contributed by atoms with van der Waals surface area (Å²) < 4.78 is 11.2. The number of rotatable bonds is 39. The van der Waals surface area contributed by atoms with Crippen molar-refractivity contribution in [1.82, 2.24) is 5.32 Å². The van der Waals surface area contributed by atoms with Crippen molar-refractivity contribution in [2.75, 3.05) is 13.2 Å². The zero-order valence-corrected chi connectivity index (χ0v) is 36.6. The lowest BCUT2D eigenvalue weighted by Crippen LogP contribution is -2.60.